The molecule has 1 aromatic carbocycles. The van der Waals surface area contributed by atoms with E-state index in [-0.39, 0.29) is 6.04 Å². The molecule has 0 bridgehead atoms. The van der Waals surface area contributed by atoms with Gasteiger partial charge in [0.2, 0.25) is 0 Å². The van der Waals surface area contributed by atoms with Crippen LogP contribution in [0.3, 0.4) is 0 Å². The molecule has 1 aromatic rings. The molecule has 17 heavy (non-hydrogen) atoms. The second-order valence-corrected chi connectivity index (χ2v) is 4.34. The summed E-state index contributed by atoms with van der Waals surface area (Å²) in [4.78, 5) is 0. The van der Waals surface area contributed by atoms with E-state index in [4.69, 9.17) is 0 Å². The number of hydrogen-bond donors (Lipinski definition) is 1. The Morgan fingerprint density at radius 1 is 1.12 bits per heavy atom. The van der Waals surface area contributed by atoms with Crippen LogP contribution < -0.4 is 5.32 Å². The van der Waals surface area contributed by atoms with Crippen LogP contribution in [0.1, 0.15) is 24.0 Å². The Kier molecular flexibility index (Phi) is 3.38. The van der Waals surface area contributed by atoms with Gasteiger partial charge in [-0.1, -0.05) is 12.1 Å². The minimum atomic E-state index is -4.29. The number of rotatable bonds is 3. The molecular weight excluding hydrogens is 234 g/mol. The van der Waals surface area contributed by atoms with E-state index in [1.54, 1.807) is 0 Å². The molecule has 1 nitrogen and oxygen atoms in total. The molecular formula is C12H13F4N. The van der Waals surface area contributed by atoms with Crippen LogP contribution in [-0.2, 0) is 12.7 Å². The van der Waals surface area contributed by atoms with E-state index >= 15 is 0 Å². The number of nitrogens with one attached hydrogen (secondary N) is 1. The van der Waals surface area contributed by atoms with Gasteiger partial charge in [0, 0.05) is 12.6 Å². The van der Waals surface area contributed by atoms with Gasteiger partial charge in [0.15, 0.2) is 0 Å². The van der Waals surface area contributed by atoms with E-state index in [1.807, 2.05) is 0 Å². The SMILES string of the molecule is FC(F)(F)c1ccc(CN[C@H]2C[C@H](F)C2)cc1. The Balaban J connectivity index is 1.86. The average Bonchev–Trinajstić information content (AvgIpc) is 2.22. The van der Waals surface area contributed by atoms with Crippen LogP contribution in [0, 0.1) is 0 Å². The minimum absolute atomic E-state index is 0.160. The predicted molar refractivity (Wildman–Crippen MR) is 56.2 cm³/mol. The third-order valence-electron chi connectivity index (χ3n) is 2.96. The number of halogens is 4. The lowest BCUT2D eigenvalue weighted by molar-refractivity contribution is -0.137. The van der Waals surface area contributed by atoms with E-state index in [0.717, 1.165) is 17.7 Å². The molecule has 2 rings (SSSR count). The highest BCUT2D eigenvalue weighted by Crippen LogP contribution is 2.29. The second kappa shape index (κ2) is 4.64. The zero-order valence-electron chi connectivity index (χ0n) is 9.10. The van der Waals surface area contributed by atoms with Crippen molar-refractivity contribution < 1.29 is 17.6 Å². The highest BCUT2D eigenvalue weighted by Gasteiger charge is 2.30. The summed E-state index contributed by atoms with van der Waals surface area (Å²) < 4.78 is 49.4. The quantitative estimate of drug-likeness (QED) is 0.808. The summed E-state index contributed by atoms with van der Waals surface area (Å²) >= 11 is 0. The summed E-state index contributed by atoms with van der Waals surface area (Å²) in [6.07, 6.45) is -4.01. The van der Waals surface area contributed by atoms with Gasteiger partial charge in [-0.3, -0.25) is 0 Å². The maximum Gasteiger partial charge on any atom is 0.416 e. The van der Waals surface area contributed by atoms with Gasteiger partial charge in [0.05, 0.1) is 5.56 Å². The molecule has 0 spiro atoms. The van der Waals surface area contributed by atoms with Gasteiger partial charge in [-0.25, -0.2) is 4.39 Å². The standard InChI is InChI=1S/C12H13F4N/c13-10-5-11(6-10)17-7-8-1-3-9(4-2-8)12(14,15)16/h1-4,10-11,17H,5-7H2/t10-,11-. The first-order valence-electron chi connectivity index (χ1n) is 5.49. The van der Waals surface area contributed by atoms with Crippen LogP contribution in [0.25, 0.3) is 0 Å². The van der Waals surface area contributed by atoms with E-state index in [9.17, 15) is 17.6 Å². The van der Waals surface area contributed by atoms with Crippen LogP contribution in [0.5, 0.6) is 0 Å². The summed E-state index contributed by atoms with van der Waals surface area (Å²) in [6.45, 7) is 0.482. The van der Waals surface area contributed by atoms with Gasteiger partial charge in [-0.2, -0.15) is 13.2 Å². The molecule has 5 heteroatoms. The first-order chi connectivity index (χ1) is 7.95. The Hall–Kier alpha value is -1.10. The zero-order valence-corrected chi connectivity index (χ0v) is 9.10. The van der Waals surface area contributed by atoms with Crippen molar-refractivity contribution >= 4 is 0 Å². The van der Waals surface area contributed by atoms with Gasteiger partial charge in [0.1, 0.15) is 6.17 Å². The maximum atomic E-state index is 12.5. The molecule has 0 atom stereocenters. The van der Waals surface area contributed by atoms with Gasteiger partial charge in [-0.05, 0) is 30.5 Å². The van der Waals surface area contributed by atoms with E-state index in [2.05, 4.69) is 5.32 Å². The molecule has 1 fully saturated rings. The van der Waals surface area contributed by atoms with Gasteiger partial charge < -0.3 is 5.32 Å². The van der Waals surface area contributed by atoms with Gasteiger partial charge in [-0.15, -0.1) is 0 Å². The molecule has 0 aromatic heterocycles. The van der Waals surface area contributed by atoms with Crippen molar-refractivity contribution in [2.45, 2.75) is 37.8 Å². The summed E-state index contributed by atoms with van der Waals surface area (Å²) in [5.41, 5.74) is 0.133. The first-order valence-corrected chi connectivity index (χ1v) is 5.49. The lowest BCUT2D eigenvalue weighted by Gasteiger charge is -2.30. The van der Waals surface area contributed by atoms with Crippen molar-refractivity contribution in [2.24, 2.45) is 0 Å². The lowest BCUT2D eigenvalue weighted by atomic mass is 9.90. The summed E-state index contributed by atoms with van der Waals surface area (Å²) in [7, 11) is 0. The molecule has 0 aliphatic heterocycles. The molecule has 1 aliphatic rings. The largest absolute Gasteiger partial charge is 0.416 e. The molecule has 1 N–H and O–H groups in total. The number of alkyl halides is 4. The molecule has 94 valence electrons. The molecule has 0 radical (unpaired) electrons. The molecule has 0 saturated heterocycles. The fourth-order valence-electron chi connectivity index (χ4n) is 1.79. The Bertz CT molecular complexity index is 365. The summed E-state index contributed by atoms with van der Waals surface area (Å²) in [5.74, 6) is 0. The van der Waals surface area contributed by atoms with Crippen molar-refractivity contribution in [1.82, 2.24) is 5.32 Å². The monoisotopic (exact) mass is 247 g/mol. The number of benzene rings is 1. The Morgan fingerprint density at radius 2 is 1.71 bits per heavy atom. The van der Waals surface area contributed by atoms with Crippen LogP contribution in [0.4, 0.5) is 17.6 Å². The van der Waals surface area contributed by atoms with Crippen molar-refractivity contribution in [1.29, 1.82) is 0 Å². The topological polar surface area (TPSA) is 12.0 Å². The Morgan fingerprint density at radius 3 is 2.18 bits per heavy atom. The van der Waals surface area contributed by atoms with E-state index in [0.29, 0.717) is 19.4 Å². The zero-order chi connectivity index (χ0) is 12.5. The van der Waals surface area contributed by atoms with Crippen LogP contribution >= 0.6 is 0 Å². The third kappa shape index (κ3) is 3.19. The van der Waals surface area contributed by atoms with E-state index in [1.165, 1.54) is 12.1 Å². The smallest absolute Gasteiger partial charge is 0.310 e. The highest BCUT2D eigenvalue weighted by atomic mass is 19.4. The number of hydrogen-bond acceptors (Lipinski definition) is 1. The molecule has 0 amide bonds. The van der Waals surface area contributed by atoms with Crippen molar-refractivity contribution in [2.75, 3.05) is 0 Å². The predicted octanol–water partition coefficient (Wildman–Crippen LogP) is 3.30. The van der Waals surface area contributed by atoms with Crippen molar-refractivity contribution in [3.8, 4) is 0 Å². The van der Waals surface area contributed by atoms with E-state index < -0.39 is 17.9 Å². The van der Waals surface area contributed by atoms with Gasteiger partial charge in [0.25, 0.3) is 0 Å². The second-order valence-electron chi connectivity index (χ2n) is 4.34. The fraction of sp³-hybridized carbons (Fsp3) is 0.500. The molecule has 1 aliphatic carbocycles. The summed E-state index contributed by atoms with van der Waals surface area (Å²) in [5, 5.41) is 3.10. The third-order valence-corrected chi connectivity index (χ3v) is 2.96. The Labute approximate surface area is 96.8 Å². The summed E-state index contributed by atoms with van der Waals surface area (Å²) in [6, 6.07) is 5.18. The van der Waals surface area contributed by atoms with Crippen LogP contribution in [0.2, 0.25) is 0 Å². The molecule has 0 heterocycles. The average molecular weight is 247 g/mol. The fourth-order valence-corrected chi connectivity index (χ4v) is 1.79. The van der Waals surface area contributed by atoms with Crippen LogP contribution in [-0.4, -0.2) is 12.2 Å². The van der Waals surface area contributed by atoms with Crippen molar-refractivity contribution in [3.05, 3.63) is 35.4 Å². The van der Waals surface area contributed by atoms with Crippen LogP contribution in [0.15, 0.2) is 24.3 Å². The lowest BCUT2D eigenvalue weighted by Crippen LogP contribution is -2.41. The minimum Gasteiger partial charge on any atom is -0.310 e. The normalized spacial score (nSPS) is 24.5. The van der Waals surface area contributed by atoms with Crippen molar-refractivity contribution in [3.63, 3.8) is 0 Å². The first kappa shape index (κ1) is 12.4. The molecule has 1 saturated carbocycles. The highest BCUT2D eigenvalue weighted by molar-refractivity contribution is 5.24. The maximum absolute atomic E-state index is 12.5. The molecule has 0 unspecified atom stereocenters. The van der Waals surface area contributed by atoms with Gasteiger partial charge >= 0.3 is 6.18 Å².